The molecule has 108 valence electrons. The summed E-state index contributed by atoms with van der Waals surface area (Å²) in [6.07, 6.45) is 0.336. The van der Waals surface area contributed by atoms with E-state index < -0.39 is 33.0 Å². The second kappa shape index (κ2) is 4.11. The van der Waals surface area contributed by atoms with Crippen LogP contribution in [0.3, 0.4) is 0 Å². The average molecular weight is 306 g/mol. The molecule has 3 fully saturated rings. The van der Waals surface area contributed by atoms with Crippen LogP contribution < -0.4 is 0 Å². The van der Waals surface area contributed by atoms with Gasteiger partial charge >= 0.3 is 5.97 Å². The molecule has 0 aliphatic carbocycles. The number of hydrogen-bond acceptors (Lipinski definition) is 6. The fraction of sp³-hybridized carbons (Fsp3) is 0.917. The minimum atomic E-state index is -3.45. The van der Waals surface area contributed by atoms with Crippen LogP contribution in [0.25, 0.3) is 0 Å². The molecule has 0 aromatic heterocycles. The molecule has 7 heteroatoms. The zero-order chi connectivity index (χ0) is 14.0. The first-order valence-corrected chi connectivity index (χ1v) is 8.96. The van der Waals surface area contributed by atoms with Crippen molar-refractivity contribution in [1.29, 1.82) is 0 Å². The van der Waals surface area contributed by atoms with E-state index in [-0.39, 0.29) is 16.5 Å². The van der Waals surface area contributed by atoms with E-state index in [0.717, 1.165) is 0 Å². The number of hydrogen-bond donors (Lipinski definition) is 0. The Kier molecular flexibility index (Phi) is 2.97. The highest BCUT2D eigenvalue weighted by atomic mass is 32.2. The number of carbonyl (C=O) groups excluding carboxylic acids is 1. The van der Waals surface area contributed by atoms with E-state index in [1.165, 1.54) is 0 Å². The van der Waals surface area contributed by atoms with Gasteiger partial charge in [-0.2, -0.15) is 8.42 Å². The summed E-state index contributed by atoms with van der Waals surface area (Å²) in [7, 11) is -3.45. The summed E-state index contributed by atoms with van der Waals surface area (Å²) in [5.74, 6) is -0.266. The second-order valence-electron chi connectivity index (χ2n) is 6.07. The molecule has 3 rings (SSSR count). The maximum absolute atomic E-state index is 12.1. The van der Waals surface area contributed by atoms with Gasteiger partial charge in [0.05, 0.1) is 10.7 Å². The van der Waals surface area contributed by atoms with Gasteiger partial charge in [0.2, 0.25) is 0 Å². The highest BCUT2D eigenvalue weighted by molar-refractivity contribution is 8.03. The number of ether oxygens (including phenoxy) is 1. The van der Waals surface area contributed by atoms with Crippen LogP contribution in [0.5, 0.6) is 0 Å². The highest BCUT2D eigenvalue weighted by Crippen LogP contribution is 2.56. The molecule has 0 radical (unpaired) electrons. The number of esters is 1. The summed E-state index contributed by atoms with van der Waals surface area (Å²) in [5.41, 5.74) is -0.538. The van der Waals surface area contributed by atoms with Crippen molar-refractivity contribution in [2.45, 2.75) is 61.6 Å². The van der Waals surface area contributed by atoms with Crippen LogP contribution in [0.2, 0.25) is 0 Å². The standard InChI is InChI=1S/C12H18O5S2/c1-4-12(2,3)11(13)16-8-6-5-7-10(18-6)9(8)17-19(7,14)15/h6-10H,4-5H2,1-3H3. The average Bonchev–Trinajstić information content (AvgIpc) is 2.92. The van der Waals surface area contributed by atoms with Crippen LogP contribution in [0.1, 0.15) is 33.6 Å². The summed E-state index contributed by atoms with van der Waals surface area (Å²) in [6, 6.07) is 0. The Morgan fingerprint density at radius 1 is 1.47 bits per heavy atom. The molecule has 3 aliphatic rings. The van der Waals surface area contributed by atoms with Crippen LogP contribution in [-0.2, 0) is 23.8 Å². The molecule has 0 amide bonds. The molecular formula is C12H18O5S2. The zero-order valence-electron chi connectivity index (χ0n) is 11.2. The predicted molar refractivity (Wildman–Crippen MR) is 71.3 cm³/mol. The maximum Gasteiger partial charge on any atom is 0.311 e. The summed E-state index contributed by atoms with van der Waals surface area (Å²) < 4.78 is 34.3. The Hall–Kier alpha value is -0.270. The van der Waals surface area contributed by atoms with E-state index in [4.69, 9.17) is 8.92 Å². The molecule has 2 bridgehead atoms. The topological polar surface area (TPSA) is 69.7 Å². The van der Waals surface area contributed by atoms with Crippen molar-refractivity contribution in [3.8, 4) is 0 Å². The predicted octanol–water partition coefficient (Wildman–Crippen LogP) is 1.32. The van der Waals surface area contributed by atoms with Crippen molar-refractivity contribution in [3.63, 3.8) is 0 Å². The Morgan fingerprint density at radius 2 is 2.16 bits per heavy atom. The molecule has 3 aliphatic heterocycles. The lowest BCUT2D eigenvalue weighted by Crippen LogP contribution is -2.43. The number of rotatable bonds is 3. The fourth-order valence-corrected chi connectivity index (χ4v) is 6.94. The molecule has 5 unspecified atom stereocenters. The monoisotopic (exact) mass is 306 g/mol. The van der Waals surface area contributed by atoms with Gasteiger partial charge in [-0.3, -0.25) is 8.98 Å². The van der Waals surface area contributed by atoms with Gasteiger partial charge in [-0.25, -0.2) is 0 Å². The molecule has 5 atom stereocenters. The number of thioether (sulfide) groups is 1. The van der Waals surface area contributed by atoms with Crippen LogP contribution in [0, 0.1) is 5.41 Å². The first kappa shape index (κ1) is 13.7. The van der Waals surface area contributed by atoms with E-state index in [0.29, 0.717) is 12.8 Å². The van der Waals surface area contributed by atoms with Crippen LogP contribution in [-0.4, -0.2) is 42.3 Å². The SMILES string of the molecule is CCC(C)(C)C(=O)OC1C2CC3C(S2)C1OS3(=O)=O. The van der Waals surface area contributed by atoms with Crippen molar-refractivity contribution in [3.05, 3.63) is 0 Å². The third-order valence-electron chi connectivity index (χ3n) is 4.47. The minimum Gasteiger partial charge on any atom is -0.458 e. The third-order valence-corrected chi connectivity index (χ3v) is 8.08. The highest BCUT2D eigenvalue weighted by Gasteiger charge is 2.66. The van der Waals surface area contributed by atoms with Crippen molar-refractivity contribution in [2.75, 3.05) is 0 Å². The van der Waals surface area contributed by atoms with E-state index in [9.17, 15) is 13.2 Å². The second-order valence-corrected chi connectivity index (χ2v) is 9.28. The van der Waals surface area contributed by atoms with Gasteiger partial charge in [0, 0.05) is 5.25 Å². The fourth-order valence-electron chi connectivity index (χ4n) is 2.80. The third kappa shape index (κ3) is 1.93. The van der Waals surface area contributed by atoms with E-state index >= 15 is 0 Å². The lowest BCUT2D eigenvalue weighted by atomic mass is 9.89. The van der Waals surface area contributed by atoms with Crippen molar-refractivity contribution >= 4 is 27.8 Å². The van der Waals surface area contributed by atoms with Gasteiger partial charge in [0.25, 0.3) is 10.1 Å². The van der Waals surface area contributed by atoms with Crippen LogP contribution in [0.15, 0.2) is 0 Å². The van der Waals surface area contributed by atoms with Crippen molar-refractivity contribution in [2.24, 2.45) is 5.41 Å². The lowest BCUT2D eigenvalue weighted by molar-refractivity contribution is -0.164. The normalized spacial score (nSPS) is 42.6. The van der Waals surface area contributed by atoms with Gasteiger partial charge in [0.1, 0.15) is 17.5 Å². The summed E-state index contributed by atoms with van der Waals surface area (Å²) in [6.45, 7) is 5.61. The molecule has 3 saturated heterocycles. The Balaban J connectivity index is 1.77. The summed E-state index contributed by atoms with van der Waals surface area (Å²) >= 11 is 1.60. The molecule has 0 N–H and O–H groups in total. The molecule has 5 nitrogen and oxygen atoms in total. The smallest absolute Gasteiger partial charge is 0.311 e. The van der Waals surface area contributed by atoms with E-state index in [1.807, 2.05) is 20.8 Å². The Morgan fingerprint density at radius 3 is 2.79 bits per heavy atom. The van der Waals surface area contributed by atoms with Crippen molar-refractivity contribution < 1.29 is 22.1 Å². The van der Waals surface area contributed by atoms with E-state index in [2.05, 4.69) is 0 Å². The molecule has 0 aromatic rings. The van der Waals surface area contributed by atoms with Crippen LogP contribution in [0.4, 0.5) is 0 Å². The van der Waals surface area contributed by atoms with Crippen LogP contribution >= 0.6 is 11.8 Å². The molecule has 3 heterocycles. The van der Waals surface area contributed by atoms with Gasteiger partial charge in [-0.05, 0) is 26.7 Å². The zero-order valence-corrected chi connectivity index (χ0v) is 12.8. The largest absolute Gasteiger partial charge is 0.458 e. The van der Waals surface area contributed by atoms with E-state index in [1.54, 1.807) is 11.8 Å². The number of fused-ring (bicyclic) bond motifs is 1. The van der Waals surface area contributed by atoms with Gasteiger partial charge in [-0.1, -0.05) is 6.92 Å². The molecule has 0 spiro atoms. The molecule has 0 aromatic carbocycles. The quantitative estimate of drug-likeness (QED) is 0.578. The minimum absolute atomic E-state index is 0.0578. The Bertz CT molecular complexity index is 512. The number of carbonyl (C=O) groups is 1. The van der Waals surface area contributed by atoms with Gasteiger partial charge in [-0.15, -0.1) is 11.8 Å². The molecule has 19 heavy (non-hydrogen) atoms. The summed E-state index contributed by atoms with van der Waals surface area (Å²) in [5, 5.41) is -0.395. The molecule has 0 saturated carbocycles. The first-order valence-electron chi connectivity index (χ1n) is 6.55. The first-order chi connectivity index (χ1) is 8.76. The van der Waals surface area contributed by atoms with Gasteiger partial charge < -0.3 is 4.74 Å². The van der Waals surface area contributed by atoms with Gasteiger partial charge in [0.15, 0.2) is 0 Å². The summed E-state index contributed by atoms with van der Waals surface area (Å²) in [4.78, 5) is 12.1. The maximum atomic E-state index is 12.1. The van der Waals surface area contributed by atoms with Crippen molar-refractivity contribution in [1.82, 2.24) is 0 Å². The molecular weight excluding hydrogens is 288 g/mol. The Labute approximate surface area is 117 Å². The lowest BCUT2D eigenvalue weighted by Gasteiger charge is -2.28.